The van der Waals surface area contributed by atoms with E-state index in [1.165, 1.54) is 16.7 Å². The summed E-state index contributed by atoms with van der Waals surface area (Å²) in [5, 5.41) is 1.46. The zero-order chi connectivity index (χ0) is 22.9. The molecule has 0 bridgehead atoms. The van der Waals surface area contributed by atoms with E-state index in [-0.39, 0.29) is 5.91 Å². The maximum Gasteiger partial charge on any atom is 0.227 e. The Labute approximate surface area is 211 Å². The molecular formula is C26H22BrCl2N3O. The molecular weight excluding hydrogens is 521 g/mol. The van der Waals surface area contributed by atoms with Crippen molar-refractivity contribution in [3.05, 3.63) is 97.0 Å². The Balaban J connectivity index is 1.49. The first kappa shape index (κ1) is 22.6. The predicted octanol–water partition coefficient (Wildman–Crippen LogP) is 6.31. The third-order valence-electron chi connectivity index (χ3n) is 6.46. The molecule has 1 aliphatic heterocycles. The number of likely N-dealkylation sites (tertiary alicyclic amines) is 1. The molecule has 0 spiro atoms. The van der Waals surface area contributed by atoms with Crippen LogP contribution in [0.5, 0.6) is 0 Å². The summed E-state index contributed by atoms with van der Waals surface area (Å²) < 4.78 is 0.813. The number of nitrogens with zero attached hydrogens (tertiary/aromatic N) is 3. The van der Waals surface area contributed by atoms with Gasteiger partial charge in [-0.15, -0.1) is 0 Å². The van der Waals surface area contributed by atoms with Crippen molar-refractivity contribution in [2.75, 3.05) is 13.1 Å². The quantitative estimate of drug-likeness (QED) is 0.381. The van der Waals surface area contributed by atoms with Crippen molar-refractivity contribution in [3.8, 4) is 0 Å². The van der Waals surface area contributed by atoms with Crippen LogP contribution in [0.25, 0.3) is 5.57 Å². The lowest BCUT2D eigenvalue weighted by Gasteiger charge is -2.30. The van der Waals surface area contributed by atoms with Crippen molar-refractivity contribution in [2.45, 2.75) is 32.1 Å². The van der Waals surface area contributed by atoms with Crippen molar-refractivity contribution in [2.24, 2.45) is 0 Å². The molecule has 0 unspecified atom stereocenters. The van der Waals surface area contributed by atoms with Gasteiger partial charge in [-0.25, -0.2) is 0 Å². The molecule has 7 heteroatoms. The summed E-state index contributed by atoms with van der Waals surface area (Å²) in [6, 6.07) is 9.90. The van der Waals surface area contributed by atoms with Crippen molar-refractivity contribution in [1.29, 1.82) is 0 Å². The number of carbonyl (C=O) groups is 1. The second-order valence-electron chi connectivity index (χ2n) is 8.44. The van der Waals surface area contributed by atoms with Gasteiger partial charge in [-0.05, 0) is 88.1 Å². The Hall–Kier alpha value is -2.21. The minimum Gasteiger partial charge on any atom is -0.342 e. The van der Waals surface area contributed by atoms with Crippen LogP contribution in [0.4, 0.5) is 0 Å². The Kier molecular flexibility index (Phi) is 6.55. The van der Waals surface area contributed by atoms with E-state index < -0.39 is 0 Å². The molecule has 0 saturated carbocycles. The van der Waals surface area contributed by atoms with E-state index in [1.54, 1.807) is 18.6 Å². The lowest BCUT2D eigenvalue weighted by Crippen LogP contribution is -2.37. The summed E-state index contributed by atoms with van der Waals surface area (Å²) in [5.41, 5.74) is 7.88. The highest BCUT2D eigenvalue weighted by Crippen LogP contribution is 2.41. The number of halogens is 3. The standard InChI is InChI=1S/C26H22BrCl2N3O/c27-22-15-31-26-21(25(22)29)3-1-18-14-19(28)2-4-20(18)24(26)17-7-11-32(12-8-17)23(33)13-16-5-9-30-10-6-16/h2,4-6,9-10,14-15H,1,3,7-8,11-13H2. The van der Waals surface area contributed by atoms with Gasteiger partial charge in [0.2, 0.25) is 5.91 Å². The van der Waals surface area contributed by atoms with Gasteiger partial charge in [0.05, 0.1) is 21.6 Å². The van der Waals surface area contributed by atoms with Crippen LogP contribution >= 0.6 is 39.1 Å². The van der Waals surface area contributed by atoms with Gasteiger partial charge in [-0.2, -0.15) is 0 Å². The number of rotatable bonds is 2. The summed E-state index contributed by atoms with van der Waals surface area (Å²) in [6.45, 7) is 1.40. The van der Waals surface area contributed by atoms with Crippen LogP contribution in [-0.2, 0) is 24.1 Å². The van der Waals surface area contributed by atoms with Gasteiger partial charge in [-0.1, -0.05) is 34.8 Å². The molecule has 3 heterocycles. The minimum absolute atomic E-state index is 0.156. The smallest absolute Gasteiger partial charge is 0.227 e. The lowest BCUT2D eigenvalue weighted by atomic mass is 9.88. The molecule has 4 nitrogen and oxygen atoms in total. The molecule has 0 radical (unpaired) electrons. The Morgan fingerprint density at radius 3 is 2.55 bits per heavy atom. The average molecular weight is 543 g/mol. The van der Waals surface area contributed by atoms with Gasteiger partial charge < -0.3 is 4.90 Å². The molecule has 1 fully saturated rings. The minimum atomic E-state index is 0.156. The first-order valence-corrected chi connectivity index (χ1v) is 12.6. The van der Waals surface area contributed by atoms with Crippen LogP contribution in [-0.4, -0.2) is 33.9 Å². The number of benzene rings is 1. The van der Waals surface area contributed by atoms with Crippen LogP contribution in [0.15, 0.2) is 59.0 Å². The molecule has 0 N–H and O–H groups in total. The summed E-state index contributed by atoms with van der Waals surface area (Å²) in [6.07, 6.45) is 8.94. The van der Waals surface area contributed by atoms with E-state index >= 15 is 0 Å². The SMILES string of the molecule is O=C(Cc1ccncc1)N1CCC(=C2c3ccc(Cl)cc3CCc3c2ncc(Br)c3Cl)CC1. The number of fused-ring (bicyclic) bond motifs is 2. The van der Waals surface area contributed by atoms with Gasteiger partial charge in [0, 0.05) is 42.3 Å². The Morgan fingerprint density at radius 2 is 1.79 bits per heavy atom. The summed E-state index contributed by atoms with van der Waals surface area (Å²) >= 11 is 16.6. The molecule has 5 rings (SSSR count). The molecule has 2 aromatic heterocycles. The van der Waals surface area contributed by atoms with Gasteiger partial charge in [0.1, 0.15) is 0 Å². The fourth-order valence-electron chi connectivity index (χ4n) is 4.77. The summed E-state index contributed by atoms with van der Waals surface area (Å²) in [7, 11) is 0. The molecule has 1 saturated heterocycles. The zero-order valence-electron chi connectivity index (χ0n) is 18.0. The molecule has 2 aliphatic rings. The van der Waals surface area contributed by atoms with Gasteiger partial charge in [0.25, 0.3) is 0 Å². The monoisotopic (exact) mass is 541 g/mol. The molecule has 1 aromatic carbocycles. The number of amides is 1. The van der Waals surface area contributed by atoms with Gasteiger partial charge >= 0.3 is 0 Å². The summed E-state index contributed by atoms with van der Waals surface area (Å²) in [4.78, 5) is 23.7. The van der Waals surface area contributed by atoms with Crippen LogP contribution in [0.3, 0.4) is 0 Å². The highest BCUT2D eigenvalue weighted by atomic mass is 79.9. The Bertz CT molecular complexity index is 1250. The highest BCUT2D eigenvalue weighted by molar-refractivity contribution is 9.10. The fourth-order valence-corrected chi connectivity index (χ4v) is 5.54. The predicted molar refractivity (Wildman–Crippen MR) is 136 cm³/mol. The normalized spacial score (nSPS) is 15.7. The maximum absolute atomic E-state index is 12.9. The van der Waals surface area contributed by atoms with Crippen molar-refractivity contribution < 1.29 is 4.79 Å². The van der Waals surface area contributed by atoms with Crippen LogP contribution < -0.4 is 0 Å². The van der Waals surface area contributed by atoms with Crippen LogP contribution in [0, 0.1) is 0 Å². The van der Waals surface area contributed by atoms with Crippen LogP contribution in [0.2, 0.25) is 10.0 Å². The third-order valence-corrected chi connectivity index (χ3v) is 7.96. The number of hydrogen-bond acceptors (Lipinski definition) is 3. The van der Waals surface area contributed by atoms with E-state index in [0.29, 0.717) is 19.5 Å². The lowest BCUT2D eigenvalue weighted by molar-refractivity contribution is -0.130. The molecule has 0 atom stereocenters. The van der Waals surface area contributed by atoms with E-state index in [4.69, 9.17) is 28.2 Å². The van der Waals surface area contributed by atoms with Gasteiger partial charge in [-0.3, -0.25) is 14.8 Å². The average Bonchev–Trinajstić information content (AvgIpc) is 2.99. The van der Waals surface area contributed by atoms with E-state index in [9.17, 15) is 4.79 Å². The highest BCUT2D eigenvalue weighted by Gasteiger charge is 2.28. The number of hydrogen-bond donors (Lipinski definition) is 0. The first-order valence-electron chi connectivity index (χ1n) is 11.0. The van der Waals surface area contributed by atoms with E-state index in [2.05, 4.69) is 33.0 Å². The second kappa shape index (κ2) is 9.57. The molecule has 168 valence electrons. The van der Waals surface area contributed by atoms with E-state index in [1.807, 2.05) is 23.1 Å². The topological polar surface area (TPSA) is 46.1 Å². The largest absolute Gasteiger partial charge is 0.342 e. The van der Waals surface area contributed by atoms with Crippen molar-refractivity contribution >= 4 is 50.6 Å². The summed E-state index contributed by atoms with van der Waals surface area (Å²) in [5.74, 6) is 0.156. The molecule has 3 aromatic rings. The maximum atomic E-state index is 12.9. The number of aryl methyl sites for hydroxylation is 1. The van der Waals surface area contributed by atoms with Crippen LogP contribution in [0.1, 0.15) is 40.8 Å². The third kappa shape index (κ3) is 4.59. The number of pyridine rings is 2. The number of aromatic nitrogens is 2. The molecule has 1 aliphatic carbocycles. The van der Waals surface area contributed by atoms with Gasteiger partial charge in [0.15, 0.2) is 0 Å². The number of carbonyl (C=O) groups excluding carboxylic acids is 1. The molecule has 33 heavy (non-hydrogen) atoms. The fraction of sp³-hybridized carbons (Fsp3) is 0.269. The zero-order valence-corrected chi connectivity index (χ0v) is 21.1. The van der Waals surface area contributed by atoms with Crippen molar-refractivity contribution in [1.82, 2.24) is 14.9 Å². The molecule has 1 amide bonds. The first-order chi connectivity index (χ1) is 16.0. The Morgan fingerprint density at radius 1 is 1.03 bits per heavy atom. The van der Waals surface area contributed by atoms with Crippen molar-refractivity contribution in [3.63, 3.8) is 0 Å². The second-order valence-corrected chi connectivity index (χ2v) is 10.1. The van der Waals surface area contributed by atoms with E-state index in [0.717, 1.165) is 62.6 Å². The number of piperidine rings is 1.